The Morgan fingerprint density at radius 2 is 2.21 bits per heavy atom. The molecule has 4 N–H and O–H groups in total. The number of hydrogen-bond acceptors (Lipinski definition) is 5. The van der Waals surface area contributed by atoms with Crippen LogP contribution in [0.25, 0.3) is 0 Å². The van der Waals surface area contributed by atoms with E-state index in [1.807, 2.05) is 0 Å². The van der Waals surface area contributed by atoms with Crippen molar-refractivity contribution in [1.82, 2.24) is 10.3 Å². The Hall–Kier alpha value is -1.66. The summed E-state index contributed by atoms with van der Waals surface area (Å²) in [7, 11) is 1.67. The first-order chi connectivity index (χ1) is 8.98. The highest BCUT2D eigenvalue weighted by atomic mass is 16.5. The lowest BCUT2D eigenvalue weighted by molar-refractivity contribution is 0.0916. The van der Waals surface area contributed by atoms with Gasteiger partial charge in [0.2, 0.25) is 0 Å². The highest BCUT2D eigenvalue weighted by molar-refractivity contribution is 5.92. The predicted octanol–water partition coefficient (Wildman–Crippen LogP) is 1.16. The summed E-state index contributed by atoms with van der Waals surface area (Å²) in [6, 6.07) is 5.07. The molecule has 0 saturated carbocycles. The number of pyridine rings is 1. The Bertz CT molecular complexity index is 421. The van der Waals surface area contributed by atoms with Gasteiger partial charge >= 0.3 is 0 Å². The van der Waals surface area contributed by atoms with E-state index in [4.69, 9.17) is 10.6 Å². The van der Waals surface area contributed by atoms with Gasteiger partial charge in [-0.1, -0.05) is 19.9 Å². The van der Waals surface area contributed by atoms with Crippen LogP contribution >= 0.6 is 0 Å². The number of rotatable bonds is 7. The summed E-state index contributed by atoms with van der Waals surface area (Å²) in [5.41, 5.74) is 2.74. The van der Waals surface area contributed by atoms with E-state index in [0.717, 1.165) is 6.42 Å². The molecule has 106 valence electrons. The number of ether oxygens (including phenoxy) is 1. The second kappa shape index (κ2) is 7.06. The van der Waals surface area contributed by atoms with Gasteiger partial charge in [0, 0.05) is 20.3 Å². The van der Waals surface area contributed by atoms with Crippen molar-refractivity contribution in [2.24, 2.45) is 11.3 Å². The lowest BCUT2D eigenvalue weighted by atomic mass is 9.89. The predicted molar refractivity (Wildman–Crippen MR) is 74.7 cm³/mol. The van der Waals surface area contributed by atoms with Crippen molar-refractivity contribution in [3.05, 3.63) is 23.9 Å². The summed E-state index contributed by atoms with van der Waals surface area (Å²) in [5, 5.41) is 2.87. The van der Waals surface area contributed by atoms with E-state index in [1.165, 1.54) is 0 Å². The first-order valence-electron chi connectivity index (χ1n) is 6.19. The fourth-order valence-electron chi connectivity index (χ4n) is 1.52. The van der Waals surface area contributed by atoms with Crippen LogP contribution in [0.15, 0.2) is 18.2 Å². The lowest BCUT2D eigenvalue weighted by Gasteiger charge is -2.24. The first kappa shape index (κ1) is 15.4. The molecule has 0 spiro atoms. The van der Waals surface area contributed by atoms with Gasteiger partial charge in [0.05, 0.1) is 0 Å². The molecule has 6 nitrogen and oxygen atoms in total. The fourth-order valence-corrected chi connectivity index (χ4v) is 1.52. The van der Waals surface area contributed by atoms with Crippen molar-refractivity contribution in [1.29, 1.82) is 0 Å². The maximum atomic E-state index is 12.0. The Kier molecular flexibility index (Phi) is 5.72. The quantitative estimate of drug-likeness (QED) is 0.509. The minimum Gasteiger partial charge on any atom is -0.385 e. The number of carbonyl (C=O) groups is 1. The fraction of sp³-hybridized carbons (Fsp3) is 0.538. The van der Waals surface area contributed by atoms with E-state index in [-0.39, 0.29) is 11.3 Å². The zero-order valence-corrected chi connectivity index (χ0v) is 11.7. The minimum atomic E-state index is -0.206. The number of nitrogens with zero attached hydrogens (tertiary/aromatic N) is 1. The number of anilines is 1. The third-order valence-corrected chi connectivity index (χ3v) is 2.84. The van der Waals surface area contributed by atoms with E-state index in [2.05, 4.69) is 29.6 Å². The zero-order valence-electron chi connectivity index (χ0n) is 11.7. The van der Waals surface area contributed by atoms with Crippen molar-refractivity contribution in [2.75, 3.05) is 25.7 Å². The molecule has 1 rings (SSSR count). The second-order valence-corrected chi connectivity index (χ2v) is 5.14. The highest BCUT2D eigenvalue weighted by Gasteiger charge is 2.19. The van der Waals surface area contributed by atoms with Crippen LogP contribution in [0.3, 0.4) is 0 Å². The molecular weight excluding hydrogens is 244 g/mol. The Balaban J connectivity index is 2.55. The van der Waals surface area contributed by atoms with Gasteiger partial charge in [-0.25, -0.2) is 10.8 Å². The average molecular weight is 266 g/mol. The number of carbonyl (C=O) groups excluding carboxylic acids is 1. The van der Waals surface area contributed by atoms with Crippen molar-refractivity contribution in [3.63, 3.8) is 0 Å². The van der Waals surface area contributed by atoms with Gasteiger partial charge < -0.3 is 15.5 Å². The van der Waals surface area contributed by atoms with Crippen molar-refractivity contribution < 1.29 is 9.53 Å². The van der Waals surface area contributed by atoms with E-state index in [0.29, 0.717) is 24.7 Å². The maximum Gasteiger partial charge on any atom is 0.269 e. The van der Waals surface area contributed by atoms with Crippen LogP contribution in [0, 0.1) is 5.41 Å². The Morgan fingerprint density at radius 1 is 1.47 bits per heavy atom. The van der Waals surface area contributed by atoms with E-state index in [9.17, 15) is 4.79 Å². The van der Waals surface area contributed by atoms with Gasteiger partial charge in [0.25, 0.3) is 5.91 Å². The van der Waals surface area contributed by atoms with E-state index < -0.39 is 0 Å². The third-order valence-electron chi connectivity index (χ3n) is 2.84. The van der Waals surface area contributed by atoms with Gasteiger partial charge in [-0.05, 0) is 24.0 Å². The molecule has 0 aliphatic rings. The molecule has 1 amide bonds. The number of nitrogens with two attached hydrogens (primary N) is 1. The van der Waals surface area contributed by atoms with E-state index >= 15 is 0 Å². The summed E-state index contributed by atoms with van der Waals surface area (Å²) < 4.78 is 5.05. The molecule has 6 heteroatoms. The maximum absolute atomic E-state index is 12.0. The van der Waals surface area contributed by atoms with Gasteiger partial charge in [-0.3, -0.25) is 4.79 Å². The largest absolute Gasteiger partial charge is 0.385 e. The molecule has 1 aromatic heterocycles. The van der Waals surface area contributed by atoms with Crippen LogP contribution in [0.5, 0.6) is 0 Å². The highest BCUT2D eigenvalue weighted by Crippen LogP contribution is 2.18. The number of nitrogen functional groups attached to an aromatic ring is 1. The van der Waals surface area contributed by atoms with Gasteiger partial charge in [-0.15, -0.1) is 0 Å². The number of hydrazine groups is 1. The van der Waals surface area contributed by atoms with Gasteiger partial charge in [0.1, 0.15) is 11.5 Å². The monoisotopic (exact) mass is 266 g/mol. The molecule has 0 bridgehead atoms. The standard InChI is InChI=1S/C13H22N4O2/c1-13(2,7-8-19-3)9-15-12(18)10-5-4-6-11(16-10)17-14/h4-6H,7-9,14H2,1-3H3,(H,15,18)(H,16,17). The molecule has 0 aliphatic carbocycles. The number of nitrogens with one attached hydrogen (secondary N) is 2. The molecule has 1 aromatic rings. The SMILES string of the molecule is COCCC(C)(C)CNC(=O)c1cccc(NN)n1. The average Bonchev–Trinajstić information content (AvgIpc) is 2.43. The number of hydrogen-bond donors (Lipinski definition) is 3. The Morgan fingerprint density at radius 3 is 2.84 bits per heavy atom. The molecular formula is C13H22N4O2. The molecule has 0 saturated heterocycles. The molecule has 0 atom stereocenters. The van der Waals surface area contributed by atoms with Crippen LogP contribution in [-0.4, -0.2) is 31.2 Å². The van der Waals surface area contributed by atoms with Crippen LogP contribution in [0.2, 0.25) is 0 Å². The van der Waals surface area contributed by atoms with Crippen LogP contribution in [-0.2, 0) is 4.74 Å². The van der Waals surface area contributed by atoms with Crippen molar-refractivity contribution in [2.45, 2.75) is 20.3 Å². The molecule has 0 aliphatic heterocycles. The number of methoxy groups -OCH3 is 1. The molecule has 0 unspecified atom stereocenters. The minimum absolute atomic E-state index is 0.0185. The number of aromatic nitrogens is 1. The van der Waals surface area contributed by atoms with Gasteiger partial charge in [0.15, 0.2) is 0 Å². The normalized spacial score (nSPS) is 11.2. The zero-order chi connectivity index (χ0) is 14.3. The summed E-state index contributed by atoms with van der Waals surface area (Å²) in [5.74, 6) is 5.52. The summed E-state index contributed by atoms with van der Waals surface area (Å²) >= 11 is 0. The smallest absolute Gasteiger partial charge is 0.269 e. The summed E-state index contributed by atoms with van der Waals surface area (Å²) in [4.78, 5) is 16.0. The molecule has 0 aromatic carbocycles. The van der Waals surface area contributed by atoms with Crippen LogP contribution in [0.4, 0.5) is 5.82 Å². The molecule has 19 heavy (non-hydrogen) atoms. The van der Waals surface area contributed by atoms with Crippen LogP contribution < -0.4 is 16.6 Å². The summed E-state index contributed by atoms with van der Waals surface area (Å²) in [6.45, 7) is 5.40. The summed E-state index contributed by atoms with van der Waals surface area (Å²) in [6.07, 6.45) is 0.877. The third kappa shape index (κ3) is 5.23. The Labute approximate surface area is 113 Å². The molecule has 0 fully saturated rings. The molecule has 0 radical (unpaired) electrons. The topological polar surface area (TPSA) is 89.3 Å². The van der Waals surface area contributed by atoms with Crippen molar-refractivity contribution in [3.8, 4) is 0 Å². The molecule has 1 heterocycles. The number of amides is 1. The van der Waals surface area contributed by atoms with Crippen LogP contribution in [0.1, 0.15) is 30.8 Å². The lowest BCUT2D eigenvalue weighted by Crippen LogP contribution is -2.35. The van der Waals surface area contributed by atoms with Gasteiger partial charge in [-0.2, -0.15) is 0 Å². The van der Waals surface area contributed by atoms with E-state index in [1.54, 1.807) is 25.3 Å². The first-order valence-corrected chi connectivity index (χ1v) is 6.19. The second-order valence-electron chi connectivity index (χ2n) is 5.14. The van der Waals surface area contributed by atoms with Crippen molar-refractivity contribution >= 4 is 11.7 Å².